The highest BCUT2D eigenvalue weighted by Crippen LogP contribution is 2.12. The van der Waals surface area contributed by atoms with Crippen LogP contribution in [0.1, 0.15) is 23.0 Å². The molecule has 2 aromatic rings. The fourth-order valence-corrected chi connectivity index (χ4v) is 1.81. The molecule has 18 heavy (non-hydrogen) atoms. The van der Waals surface area contributed by atoms with E-state index >= 15 is 0 Å². The van der Waals surface area contributed by atoms with E-state index in [-0.39, 0.29) is 11.3 Å². The first-order valence-corrected chi connectivity index (χ1v) is 5.19. The Labute approximate surface area is 101 Å². The predicted molar refractivity (Wildman–Crippen MR) is 61.0 cm³/mol. The van der Waals surface area contributed by atoms with Gasteiger partial charge in [-0.25, -0.2) is 13.5 Å². The third-order valence-electron chi connectivity index (χ3n) is 2.53. The van der Waals surface area contributed by atoms with Crippen molar-refractivity contribution in [2.24, 2.45) is 0 Å². The molecule has 1 N–H and O–H groups in total. The molecule has 0 saturated heterocycles. The third kappa shape index (κ3) is 1.97. The van der Waals surface area contributed by atoms with Crippen LogP contribution < -0.4 is 5.56 Å². The fourth-order valence-electron chi connectivity index (χ4n) is 1.81. The summed E-state index contributed by atoms with van der Waals surface area (Å²) in [5.41, 5.74) is -0.269. The second kappa shape index (κ2) is 4.21. The molecule has 94 valence electrons. The van der Waals surface area contributed by atoms with Crippen LogP contribution in [0.15, 0.2) is 23.0 Å². The molecule has 0 radical (unpaired) electrons. The van der Waals surface area contributed by atoms with Gasteiger partial charge in [0.05, 0.1) is 5.69 Å². The summed E-state index contributed by atoms with van der Waals surface area (Å²) >= 11 is 0. The van der Waals surface area contributed by atoms with Gasteiger partial charge in [-0.15, -0.1) is 0 Å². The Morgan fingerprint density at radius 2 is 1.78 bits per heavy atom. The molecule has 0 saturated carbocycles. The number of hydrogen-bond acceptors (Lipinski definition) is 2. The minimum absolute atomic E-state index is 0.00750. The minimum Gasteiger partial charge on any atom is -0.295 e. The van der Waals surface area contributed by atoms with Gasteiger partial charge in [0, 0.05) is 11.8 Å². The number of aryl methyl sites for hydroxylation is 1. The summed E-state index contributed by atoms with van der Waals surface area (Å²) in [6.45, 7) is 2.80. The predicted octanol–water partition coefficient (Wildman–Crippen LogP) is 1.95. The standard InChI is InChI=1S/C12H10F2N2O2/c1-6-11(7(2)17)12(18)16(15-6)10-4-8(13)3-9(14)5-10/h3-5,15H,1-2H3. The molecule has 4 nitrogen and oxygen atoms in total. The fraction of sp³-hybridized carbons (Fsp3) is 0.167. The van der Waals surface area contributed by atoms with Crippen LogP contribution in [-0.4, -0.2) is 15.6 Å². The average Bonchev–Trinajstić information content (AvgIpc) is 2.52. The second-order valence-corrected chi connectivity index (χ2v) is 3.94. The number of halogens is 2. The SMILES string of the molecule is CC(=O)c1c(C)[nH]n(-c2cc(F)cc(F)c2)c1=O. The molecule has 1 aromatic carbocycles. The van der Waals surface area contributed by atoms with Gasteiger partial charge in [0.2, 0.25) is 0 Å². The Morgan fingerprint density at radius 1 is 1.22 bits per heavy atom. The molecule has 0 spiro atoms. The van der Waals surface area contributed by atoms with Crippen molar-refractivity contribution in [2.75, 3.05) is 0 Å². The molecule has 0 amide bonds. The van der Waals surface area contributed by atoms with E-state index < -0.39 is 23.0 Å². The topological polar surface area (TPSA) is 54.9 Å². The molecule has 0 aliphatic carbocycles. The molecule has 0 fully saturated rings. The number of H-pyrrole nitrogens is 1. The van der Waals surface area contributed by atoms with Gasteiger partial charge in [0.25, 0.3) is 5.56 Å². The molecule has 0 bridgehead atoms. The van der Waals surface area contributed by atoms with Gasteiger partial charge in [0.15, 0.2) is 5.78 Å². The number of Topliss-reactive ketones (excluding diaryl/α,β-unsaturated/α-hetero) is 1. The Balaban J connectivity index is 2.69. The van der Waals surface area contributed by atoms with E-state index in [0.717, 1.165) is 16.8 Å². The van der Waals surface area contributed by atoms with Crippen LogP contribution >= 0.6 is 0 Å². The number of nitrogens with one attached hydrogen (secondary N) is 1. The van der Waals surface area contributed by atoms with Crippen LogP contribution in [0.25, 0.3) is 5.69 Å². The molecule has 0 atom stereocenters. The zero-order valence-corrected chi connectivity index (χ0v) is 9.75. The lowest BCUT2D eigenvalue weighted by Crippen LogP contribution is -2.19. The zero-order chi connectivity index (χ0) is 13.4. The Kier molecular flexibility index (Phi) is 2.86. The van der Waals surface area contributed by atoms with Gasteiger partial charge in [-0.2, -0.15) is 0 Å². The van der Waals surface area contributed by atoms with Crippen LogP contribution in [0.5, 0.6) is 0 Å². The number of benzene rings is 1. The Hall–Kier alpha value is -2.24. The van der Waals surface area contributed by atoms with E-state index in [1.165, 1.54) is 6.92 Å². The van der Waals surface area contributed by atoms with Crippen LogP contribution in [0, 0.1) is 18.6 Å². The quantitative estimate of drug-likeness (QED) is 0.830. The highest BCUT2D eigenvalue weighted by molar-refractivity contribution is 5.94. The lowest BCUT2D eigenvalue weighted by molar-refractivity contribution is 0.101. The Morgan fingerprint density at radius 3 is 2.22 bits per heavy atom. The van der Waals surface area contributed by atoms with Gasteiger partial charge in [0.1, 0.15) is 17.2 Å². The highest BCUT2D eigenvalue weighted by Gasteiger charge is 2.16. The minimum atomic E-state index is -0.798. The van der Waals surface area contributed by atoms with Gasteiger partial charge in [-0.05, 0) is 26.0 Å². The smallest absolute Gasteiger partial charge is 0.282 e. The first kappa shape index (κ1) is 12.2. The molecule has 0 aliphatic rings. The number of carbonyl (C=O) groups excluding carboxylic acids is 1. The van der Waals surface area contributed by atoms with Crippen LogP contribution in [0.2, 0.25) is 0 Å². The summed E-state index contributed by atoms with van der Waals surface area (Å²) < 4.78 is 27.1. The van der Waals surface area contributed by atoms with E-state index in [9.17, 15) is 18.4 Å². The first-order valence-electron chi connectivity index (χ1n) is 5.19. The molecular formula is C12H10F2N2O2. The molecule has 1 aromatic heterocycles. The van der Waals surface area contributed by atoms with Gasteiger partial charge in [-0.1, -0.05) is 0 Å². The van der Waals surface area contributed by atoms with Gasteiger partial charge < -0.3 is 0 Å². The molecule has 6 heteroatoms. The van der Waals surface area contributed by atoms with E-state index in [1.54, 1.807) is 6.92 Å². The third-order valence-corrected chi connectivity index (χ3v) is 2.53. The van der Waals surface area contributed by atoms with Crippen LogP contribution in [-0.2, 0) is 0 Å². The lowest BCUT2D eigenvalue weighted by Gasteiger charge is -2.01. The number of aromatic amines is 1. The number of aromatic nitrogens is 2. The van der Waals surface area contributed by atoms with Gasteiger partial charge in [-0.3, -0.25) is 14.7 Å². The van der Waals surface area contributed by atoms with Crippen LogP contribution in [0.3, 0.4) is 0 Å². The van der Waals surface area contributed by atoms with E-state index in [2.05, 4.69) is 5.10 Å². The van der Waals surface area contributed by atoms with Crippen molar-refractivity contribution in [3.8, 4) is 5.69 Å². The van der Waals surface area contributed by atoms with Crippen molar-refractivity contribution in [2.45, 2.75) is 13.8 Å². The number of ketones is 1. The summed E-state index contributed by atoms with van der Waals surface area (Å²) in [6, 6.07) is 2.71. The summed E-state index contributed by atoms with van der Waals surface area (Å²) in [6.07, 6.45) is 0. The summed E-state index contributed by atoms with van der Waals surface area (Å²) in [5.74, 6) is -1.99. The maximum atomic E-state index is 13.1. The monoisotopic (exact) mass is 252 g/mol. The molecular weight excluding hydrogens is 242 g/mol. The number of rotatable bonds is 2. The summed E-state index contributed by atoms with van der Waals surface area (Å²) in [5, 5.41) is 2.62. The molecule has 2 rings (SSSR count). The maximum absolute atomic E-state index is 13.1. The number of nitrogens with zero attached hydrogens (tertiary/aromatic N) is 1. The van der Waals surface area contributed by atoms with Crippen molar-refractivity contribution in [1.29, 1.82) is 0 Å². The van der Waals surface area contributed by atoms with Crippen molar-refractivity contribution in [3.05, 3.63) is 51.4 Å². The van der Waals surface area contributed by atoms with E-state index in [4.69, 9.17) is 0 Å². The van der Waals surface area contributed by atoms with Crippen molar-refractivity contribution < 1.29 is 13.6 Å². The number of carbonyl (C=O) groups is 1. The van der Waals surface area contributed by atoms with Crippen molar-refractivity contribution >= 4 is 5.78 Å². The summed E-state index contributed by atoms with van der Waals surface area (Å²) in [4.78, 5) is 23.2. The summed E-state index contributed by atoms with van der Waals surface area (Å²) in [7, 11) is 0. The second-order valence-electron chi connectivity index (χ2n) is 3.94. The lowest BCUT2D eigenvalue weighted by atomic mass is 10.2. The van der Waals surface area contributed by atoms with E-state index in [0.29, 0.717) is 11.8 Å². The van der Waals surface area contributed by atoms with Crippen molar-refractivity contribution in [3.63, 3.8) is 0 Å². The average molecular weight is 252 g/mol. The van der Waals surface area contributed by atoms with Gasteiger partial charge >= 0.3 is 0 Å². The molecule has 0 aliphatic heterocycles. The normalized spacial score (nSPS) is 10.7. The highest BCUT2D eigenvalue weighted by atomic mass is 19.1. The molecule has 0 unspecified atom stereocenters. The molecule has 1 heterocycles. The zero-order valence-electron chi connectivity index (χ0n) is 9.75. The maximum Gasteiger partial charge on any atom is 0.282 e. The largest absolute Gasteiger partial charge is 0.295 e. The van der Waals surface area contributed by atoms with E-state index in [1.807, 2.05) is 0 Å². The first-order chi connectivity index (χ1) is 8.40. The Bertz CT molecular complexity index is 666. The van der Waals surface area contributed by atoms with Crippen LogP contribution in [0.4, 0.5) is 8.78 Å². The van der Waals surface area contributed by atoms with Crippen molar-refractivity contribution in [1.82, 2.24) is 9.78 Å². The number of hydrogen-bond donors (Lipinski definition) is 1.